The van der Waals surface area contributed by atoms with Crippen LogP contribution in [0.5, 0.6) is 0 Å². The Morgan fingerprint density at radius 3 is 2.50 bits per heavy atom. The fourth-order valence-corrected chi connectivity index (χ4v) is 4.44. The van der Waals surface area contributed by atoms with E-state index in [2.05, 4.69) is 10.2 Å². The number of halogens is 3. The first-order chi connectivity index (χ1) is 15.3. The van der Waals surface area contributed by atoms with Gasteiger partial charge in [0.15, 0.2) is 5.82 Å². The number of para-hydroxylation sites is 1. The molecule has 1 atom stereocenters. The summed E-state index contributed by atoms with van der Waals surface area (Å²) < 4.78 is 43.3. The SMILES string of the molecule is Cc1cc2ccccc2n1CC(=O)N1CCn2c(nnc2C(F)(F)F)C1c1ccccc1. The second-order valence-electron chi connectivity index (χ2n) is 7.86. The molecule has 2 aromatic heterocycles. The zero-order valence-corrected chi connectivity index (χ0v) is 17.3. The first-order valence-corrected chi connectivity index (χ1v) is 10.2. The molecule has 4 aromatic rings. The van der Waals surface area contributed by atoms with Crippen LogP contribution in [0.15, 0.2) is 60.7 Å². The van der Waals surface area contributed by atoms with Crippen LogP contribution in [0.4, 0.5) is 13.2 Å². The van der Waals surface area contributed by atoms with Gasteiger partial charge in [-0.05, 0) is 30.0 Å². The summed E-state index contributed by atoms with van der Waals surface area (Å²) in [4.78, 5) is 15.1. The van der Waals surface area contributed by atoms with Crippen LogP contribution in [-0.2, 0) is 24.1 Å². The van der Waals surface area contributed by atoms with Gasteiger partial charge in [0.1, 0.15) is 12.6 Å². The largest absolute Gasteiger partial charge is 0.451 e. The third-order valence-corrected chi connectivity index (χ3v) is 5.90. The van der Waals surface area contributed by atoms with Crippen molar-refractivity contribution in [2.75, 3.05) is 6.54 Å². The Balaban J connectivity index is 1.55. The molecule has 0 N–H and O–H groups in total. The molecule has 2 aromatic carbocycles. The second-order valence-corrected chi connectivity index (χ2v) is 7.86. The van der Waals surface area contributed by atoms with Gasteiger partial charge in [0.05, 0.1) is 0 Å². The fraction of sp³-hybridized carbons (Fsp3) is 0.261. The van der Waals surface area contributed by atoms with Crippen molar-refractivity contribution in [1.82, 2.24) is 24.2 Å². The predicted octanol–water partition coefficient (Wildman–Crippen LogP) is 4.19. The Bertz CT molecular complexity index is 1290. The van der Waals surface area contributed by atoms with Crippen molar-refractivity contribution in [3.8, 4) is 0 Å². The number of hydrogen-bond acceptors (Lipinski definition) is 3. The predicted molar refractivity (Wildman–Crippen MR) is 112 cm³/mol. The Morgan fingerprint density at radius 1 is 1.03 bits per heavy atom. The van der Waals surface area contributed by atoms with Crippen molar-refractivity contribution < 1.29 is 18.0 Å². The number of alkyl halides is 3. The van der Waals surface area contributed by atoms with E-state index in [4.69, 9.17) is 0 Å². The molecule has 5 rings (SSSR count). The molecule has 164 valence electrons. The van der Waals surface area contributed by atoms with Crippen molar-refractivity contribution in [3.05, 3.63) is 83.6 Å². The number of carbonyl (C=O) groups excluding carboxylic acids is 1. The zero-order valence-electron chi connectivity index (χ0n) is 17.3. The summed E-state index contributed by atoms with van der Waals surface area (Å²) in [6.45, 7) is 2.13. The number of nitrogens with zero attached hydrogens (tertiary/aromatic N) is 5. The number of fused-ring (bicyclic) bond motifs is 2. The minimum Gasteiger partial charge on any atom is -0.335 e. The Hall–Kier alpha value is -3.62. The van der Waals surface area contributed by atoms with E-state index in [-0.39, 0.29) is 31.4 Å². The molecule has 1 unspecified atom stereocenters. The van der Waals surface area contributed by atoms with Crippen molar-refractivity contribution in [3.63, 3.8) is 0 Å². The molecule has 32 heavy (non-hydrogen) atoms. The van der Waals surface area contributed by atoms with Crippen LogP contribution in [0.1, 0.15) is 28.9 Å². The first kappa shape index (κ1) is 20.3. The minimum absolute atomic E-state index is 0.0162. The molecular formula is C23H20F3N5O. The third-order valence-electron chi connectivity index (χ3n) is 5.90. The lowest BCUT2D eigenvalue weighted by Gasteiger charge is -2.36. The van der Waals surface area contributed by atoms with Gasteiger partial charge >= 0.3 is 6.18 Å². The third kappa shape index (κ3) is 3.34. The molecule has 0 bridgehead atoms. The van der Waals surface area contributed by atoms with Crippen molar-refractivity contribution >= 4 is 16.8 Å². The van der Waals surface area contributed by atoms with Crippen molar-refractivity contribution in [2.45, 2.75) is 32.2 Å². The highest BCUT2D eigenvalue weighted by Gasteiger charge is 2.43. The van der Waals surface area contributed by atoms with Crippen molar-refractivity contribution in [2.24, 2.45) is 0 Å². The fourth-order valence-electron chi connectivity index (χ4n) is 4.44. The molecule has 9 heteroatoms. The summed E-state index contributed by atoms with van der Waals surface area (Å²) in [6.07, 6.45) is -4.61. The maximum absolute atomic E-state index is 13.5. The summed E-state index contributed by atoms with van der Waals surface area (Å²) in [7, 11) is 0. The molecule has 0 saturated carbocycles. The summed E-state index contributed by atoms with van der Waals surface area (Å²) >= 11 is 0. The molecule has 0 radical (unpaired) electrons. The van der Waals surface area contributed by atoms with Gasteiger partial charge in [-0.1, -0.05) is 48.5 Å². The molecule has 3 heterocycles. The number of amides is 1. The van der Waals surface area contributed by atoms with E-state index >= 15 is 0 Å². The van der Waals surface area contributed by atoms with Gasteiger partial charge < -0.3 is 14.0 Å². The quantitative estimate of drug-likeness (QED) is 0.481. The highest BCUT2D eigenvalue weighted by Crippen LogP contribution is 2.36. The molecule has 6 nitrogen and oxygen atoms in total. The van der Waals surface area contributed by atoms with Crippen LogP contribution in [0, 0.1) is 6.92 Å². The monoisotopic (exact) mass is 439 g/mol. The smallest absolute Gasteiger partial charge is 0.335 e. The summed E-state index contributed by atoms with van der Waals surface area (Å²) in [5.41, 5.74) is 2.57. The average Bonchev–Trinajstić information content (AvgIpc) is 3.35. The van der Waals surface area contributed by atoms with Gasteiger partial charge in [0.2, 0.25) is 11.7 Å². The number of rotatable bonds is 3. The van der Waals surface area contributed by atoms with E-state index < -0.39 is 18.0 Å². The highest BCUT2D eigenvalue weighted by atomic mass is 19.4. The topological polar surface area (TPSA) is 56.0 Å². The summed E-state index contributed by atoms with van der Waals surface area (Å²) in [5.74, 6) is -1.10. The minimum atomic E-state index is -4.61. The van der Waals surface area contributed by atoms with Crippen LogP contribution in [0.25, 0.3) is 10.9 Å². The van der Waals surface area contributed by atoms with E-state index in [0.717, 1.165) is 21.2 Å². The van der Waals surface area contributed by atoms with E-state index in [1.165, 1.54) is 0 Å². The Kier molecular flexibility index (Phi) is 4.76. The molecule has 0 saturated heterocycles. The van der Waals surface area contributed by atoms with Crippen molar-refractivity contribution in [1.29, 1.82) is 0 Å². The normalized spacial score (nSPS) is 16.4. The maximum Gasteiger partial charge on any atom is 0.451 e. The van der Waals surface area contributed by atoms with Crippen LogP contribution in [-0.4, -0.2) is 36.7 Å². The standard InChI is InChI=1S/C23H20F3N5O/c1-15-13-17-9-5-6-10-18(17)31(15)14-19(32)29-11-12-30-21(27-28-22(30)23(24,25)26)20(29)16-7-3-2-4-8-16/h2-10,13,20H,11-12,14H2,1H3. The van der Waals surface area contributed by atoms with Crippen LogP contribution in [0.3, 0.4) is 0 Å². The molecule has 0 spiro atoms. The van der Waals surface area contributed by atoms with E-state index in [0.29, 0.717) is 5.56 Å². The molecule has 0 aliphatic carbocycles. The van der Waals surface area contributed by atoms with Crippen LogP contribution >= 0.6 is 0 Å². The molecule has 0 fully saturated rings. The lowest BCUT2D eigenvalue weighted by atomic mass is 10.0. The van der Waals surface area contributed by atoms with E-state index in [1.807, 2.05) is 47.9 Å². The summed E-state index contributed by atoms with van der Waals surface area (Å²) in [6, 6.07) is 18.0. The molecule has 1 aliphatic rings. The van der Waals surface area contributed by atoms with Gasteiger partial charge in [-0.3, -0.25) is 4.79 Å². The Labute approximate surface area is 181 Å². The number of aryl methyl sites for hydroxylation is 1. The van der Waals surface area contributed by atoms with E-state index in [1.54, 1.807) is 29.2 Å². The maximum atomic E-state index is 13.5. The number of carbonyl (C=O) groups is 1. The second kappa shape index (κ2) is 7.51. The van der Waals surface area contributed by atoms with Gasteiger partial charge in [0, 0.05) is 24.3 Å². The number of aromatic nitrogens is 4. The first-order valence-electron chi connectivity index (χ1n) is 10.2. The van der Waals surface area contributed by atoms with Gasteiger partial charge in [-0.15, -0.1) is 10.2 Å². The van der Waals surface area contributed by atoms with Gasteiger partial charge in [-0.2, -0.15) is 13.2 Å². The highest BCUT2D eigenvalue weighted by molar-refractivity contribution is 5.84. The van der Waals surface area contributed by atoms with Crippen LogP contribution in [0.2, 0.25) is 0 Å². The molecule has 1 aliphatic heterocycles. The number of benzene rings is 2. The van der Waals surface area contributed by atoms with Gasteiger partial charge in [0.25, 0.3) is 0 Å². The molecular weight excluding hydrogens is 419 g/mol. The lowest BCUT2D eigenvalue weighted by Crippen LogP contribution is -2.44. The average molecular weight is 439 g/mol. The lowest BCUT2D eigenvalue weighted by molar-refractivity contribution is -0.148. The zero-order chi connectivity index (χ0) is 22.5. The van der Waals surface area contributed by atoms with Crippen LogP contribution < -0.4 is 0 Å². The van der Waals surface area contributed by atoms with Gasteiger partial charge in [-0.25, -0.2) is 0 Å². The summed E-state index contributed by atoms with van der Waals surface area (Å²) in [5, 5.41) is 8.32. The number of hydrogen-bond donors (Lipinski definition) is 0. The van der Waals surface area contributed by atoms with E-state index in [9.17, 15) is 18.0 Å². The molecule has 1 amide bonds. The Morgan fingerprint density at radius 2 is 1.75 bits per heavy atom.